The van der Waals surface area contributed by atoms with Crippen LogP contribution in [0.2, 0.25) is 0 Å². The van der Waals surface area contributed by atoms with Gasteiger partial charge in [0.05, 0.1) is 0 Å². The van der Waals surface area contributed by atoms with E-state index in [4.69, 9.17) is 0 Å². The molecule has 0 radical (unpaired) electrons. The lowest BCUT2D eigenvalue weighted by Gasteiger charge is -2.06. The molecule has 0 spiro atoms. The fraction of sp³-hybridized carbons (Fsp3) is 0.286. The molecule has 0 aliphatic heterocycles. The van der Waals surface area contributed by atoms with Gasteiger partial charge in [-0.25, -0.2) is 8.78 Å². The molecule has 1 aromatic carbocycles. The van der Waals surface area contributed by atoms with Crippen molar-refractivity contribution >= 4 is 11.3 Å². The summed E-state index contributed by atoms with van der Waals surface area (Å²) in [4.78, 5) is 0. The predicted octanol–water partition coefficient (Wildman–Crippen LogP) is 4.02. The van der Waals surface area contributed by atoms with Crippen LogP contribution in [-0.4, -0.2) is 6.54 Å². The number of benzene rings is 1. The first-order chi connectivity index (χ1) is 8.75. The van der Waals surface area contributed by atoms with Crippen LogP contribution in [0.4, 0.5) is 8.78 Å². The first kappa shape index (κ1) is 13.2. The number of nitrogens with one attached hydrogen (secondary N) is 1. The fourth-order valence-electron chi connectivity index (χ4n) is 1.74. The Balaban J connectivity index is 1.78. The summed E-state index contributed by atoms with van der Waals surface area (Å²) >= 11 is 1.69. The third kappa shape index (κ3) is 3.89. The van der Waals surface area contributed by atoms with Crippen molar-refractivity contribution in [3.05, 3.63) is 57.8 Å². The van der Waals surface area contributed by atoms with E-state index in [1.54, 1.807) is 23.5 Å². The van der Waals surface area contributed by atoms with Gasteiger partial charge in [0.2, 0.25) is 0 Å². The van der Waals surface area contributed by atoms with Gasteiger partial charge in [-0.15, -0.1) is 0 Å². The highest BCUT2D eigenvalue weighted by Gasteiger charge is 2.06. The lowest BCUT2D eigenvalue weighted by atomic mass is 10.1. The molecule has 0 aliphatic carbocycles. The van der Waals surface area contributed by atoms with Crippen LogP contribution in [0.3, 0.4) is 0 Å². The number of halogens is 2. The summed E-state index contributed by atoms with van der Waals surface area (Å²) in [6.07, 6.45) is -1.42. The summed E-state index contributed by atoms with van der Waals surface area (Å²) in [6.45, 7) is 1.49. The van der Waals surface area contributed by atoms with Gasteiger partial charge >= 0.3 is 0 Å². The van der Waals surface area contributed by atoms with E-state index in [-0.39, 0.29) is 5.56 Å². The normalized spacial score (nSPS) is 11.1. The maximum Gasteiger partial charge on any atom is 0.263 e. The second-order valence-corrected chi connectivity index (χ2v) is 4.88. The molecular weight excluding hydrogens is 252 g/mol. The summed E-state index contributed by atoms with van der Waals surface area (Å²) in [5, 5.41) is 7.45. The number of rotatable bonds is 6. The van der Waals surface area contributed by atoms with Crippen molar-refractivity contribution in [1.29, 1.82) is 0 Å². The molecule has 0 fully saturated rings. The SMILES string of the molecule is FC(F)c1cccc(CNCCc2ccsc2)c1. The highest BCUT2D eigenvalue weighted by Crippen LogP contribution is 2.19. The van der Waals surface area contributed by atoms with Gasteiger partial charge in [0.15, 0.2) is 0 Å². The molecule has 0 amide bonds. The first-order valence-electron chi connectivity index (χ1n) is 5.84. The van der Waals surface area contributed by atoms with Crippen LogP contribution in [0.1, 0.15) is 23.1 Å². The average Bonchev–Trinajstić information content (AvgIpc) is 2.88. The van der Waals surface area contributed by atoms with Gasteiger partial charge in [-0.3, -0.25) is 0 Å². The van der Waals surface area contributed by atoms with Crippen molar-refractivity contribution in [2.24, 2.45) is 0 Å². The molecule has 0 unspecified atom stereocenters. The van der Waals surface area contributed by atoms with E-state index >= 15 is 0 Å². The minimum atomic E-state index is -2.39. The molecule has 0 atom stereocenters. The molecular formula is C14H15F2NS. The van der Waals surface area contributed by atoms with Gasteiger partial charge in [0.25, 0.3) is 6.43 Å². The van der Waals surface area contributed by atoms with Crippen LogP contribution in [0.5, 0.6) is 0 Å². The van der Waals surface area contributed by atoms with Gasteiger partial charge in [0.1, 0.15) is 0 Å². The predicted molar refractivity (Wildman–Crippen MR) is 71.1 cm³/mol. The van der Waals surface area contributed by atoms with Crippen LogP contribution in [0, 0.1) is 0 Å². The average molecular weight is 267 g/mol. The maximum atomic E-state index is 12.5. The van der Waals surface area contributed by atoms with Crippen molar-refractivity contribution in [3.63, 3.8) is 0 Å². The molecule has 1 aromatic heterocycles. The zero-order valence-electron chi connectivity index (χ0n) is 9.90. The van der Waals surface area contributed by atoms with Crippen molar-refractivity contribution in [2.45, 2.75) is 19.4 Å². The first-order valence-corrected chi connectivity index (χ1v) is 6.79. The largest absolute Gasteiger partial charge is 0.312 e. The molecule has 1 heterocycles. The summed E-state index contributed by atoms with van der Waals surface area (Å²) < 4.78 is 25.0. The maximum absolute atomic E-state index is 12.5. The van der Waals surface area contributed by atoms with Crippen LogP contribution >= 0.6 is 11.3 Å². The number of hydrogen-bond acceptors (Lipinski definition) is 2. The molecule has 2 aromatic rings. The molecule has 0 bridgehead atoms. The molecule has 0 aliphatic rings. The second-order valence-electron chi connectivity index (χ2n) is 4.10. The molecule has 0 saturated carbocycles. The molecule has 4 heteroatoms. The quantitative estimate of drug-likeness (QED) is 0.779. The van der Waals surface area contributed by atoms with E-state index in [0.717, 1.165) is 18.5 Å². The van der Waals surface area contributed by atoms with Crippen LogP contribution in [-0.2, 0) is 13.0 Å². The minimum absolute atomic E-state index is 0.0899. The topological polar surface area (TPSA) is 12.0 Å². The van der Waals surface area contributed by atoms with Crippen molar-refractivity contribution in [1.82, 2.24) is 5.32 Å². The smallest absolute Gasteiger partial charge is 0.263 e. The van der Waals surface area contributed by atoms with E-state index in [9.17, 15) is 8.78 Å². The number of thiophene rings is 1. The van der Waals surface area contributed by atoms with Crippen molar-refractivity contribution in [3.8, 4) is 0 Å². The Morgan fingerprint density at radius 2 is 2.06 bits per heavy atom. The van der Waals surface area contributed by atoms with Crippen molar-refractivity contribution < 1.29 is 8.78 Å². The second kappa shape index (κ2) is 6.61. The number of alkyl halides is 2. The molecule has 18 heavy (non-hydrogen) atoms. The van der Waals surface area contributed by atoms with Gasteiger partial charge in [-0.1, -0.05) is 18.2 Å². The van der Waals surface area contributed by atoms with E-state index < -0.39 is 6.43 Å². The monoisotopic (exact) mass is 267 g/mol. The zero-order chi connectivity index (χ0) is 12.8. The van der Waals surface area contributed by atoms with Crippen molar-refractivity contribution in [2.75, 3.05) is 6.54 Å². The lowest BCUT2D eigenvalue weighted by molar-refractivity contribution is 0.151. The zero-order valence-corrected chi connectivity index (χ0v) is 10.7. The Hall–Kier alpha value is -1.26. The highest BCUT2D eigenvalue weighted by atomic mass is 32.1. The summed E-state index contributed by atoms with van der Waals surface area (Å²) in [6, 6.07) is 8.66. The van der Waals surface area contributed by atoms with Gasteiger partial charge in [-0.2, -0.15) is 11.3 Å². The Kier molecular flexibility index (Phi) is 4.84. The summed E-state index contributed by atoms with van der Waals surface area (Å²) in [7, 11) is 0. The third-order valence-electron chi connectivity index (χ3n) is 2.70. The van der Waals surface area contributed by atoms with E-state index in [0.29, 0.717) is 6.54 Å². The Bertz CT molecular complexity index is 468. The lowest BCUT2D eigenvalue weighted by Crippen LogP contribution is -2.16. The number of hydrogen-bond donors (Lipinski definition) is 1. The van der Waals surface area contributed by atoms with Gasteiger partial charge < -0.3 is 5.32 Å². The Morgan fingerprint density at radius 3 is 2.78 bits per heavy atom. The Labute approximate surface area is 109 Å². The third-order valence-corrected chi connectivity index (χ3v) is 3.43. The van der Waals surface area contributed by atoms with Gasteiger partial charge in [-0.05, 0) is 47.0 Å². The molecule has 2 rings (SSSR count). The highest BCUT2D eigenvalue weighted by molar-refractivity contribution is 7.07. The van der Waals surface area contributed by atoms with Crippen LogP contribution in [0.15, 0.2) is 41.1 Å². The Morgan fingerprint density at radius 1 is 1.17 bits per heavy atom. The van der Waals surface area contributed by atoms with E-state index in [1.165, 1.54) is 11.6 Å². The fourth-order valence-corrected chi connectivity index (χ4v) is 2.44. The van der Waals surface area contributed by atoms with E-state index in [2.05, 4.69) is 22.1 Å². The van der Waals surface area contributed by atoms with Crippen LogP contribution < -0.4 is 5.32 Å². The van der Waals surface area contributed by atoms with Crippen LogP contribution in [0.25, 0.3) is 0 Å². The molecule has 0 saturated heterocycles. The standard InChI is InChI=1S/C14H15F2NS/c15-14(16)13-3-1-2-12(8-13)9-17-6-4-11-5-7-18-10-11/h1-3,5,7-8,10,14,17H,4,6,9H2. The molecule has 1 N–H and O–H groups in total. The molecule has 96 valence electrons. The summed E-state index contributed by atoms with van der Waals surface area (Å²) in [5.41, 5.74) is 2.30. The van der Waals surface area contributed by atoms with Gasteiger partial charge in [0, 0.05) is 12.1 Å². The molecule has 1 nitrogen and oxygen atoms in total. The minimum Gasteiger partial charge on any atom is -0.312 e. The van der Waals surface area contributed by atoms with E-state index in [1.807, 2.05) is 6.07 Å². The summed E-state index contributed by atoms with van der Waals surface area (Å²) in [5.74, 6) is 0.